The first-order valence-electron chi connectivity index (χ1n) is 47.4. The van der Waals surface area contributed by atoms with Crippen LogP contribution < -0.4 is 0 Å². The van der Waals surface area contributed by atoms with E-state index in [1.165, 1.54) is 295 Å². The van der Waals surface area contributed by atoms with Crippen molar-refractivity contribution < 1.29 is 80.2 Å². The van der Waals surface area contributed by atoms with Crippen molar-refractivity contribution in [1.82, 2.24) is 0 Å². The first kappa shape index (κ1) is 109. The van der Waals surface area contributed by atoms with Gasteiger partial charge >= 0.3 is 39.5 Å². The lowest BCUT2D eigenvalue weighted by Gasteiger charge is -2.21. The highest BCUT2D eigenvalue weighted by atomic mass is 31.2. The fourth-order valence-corrected chi connectivity index (χ4v) is 15.9. The molecule has 0 aromatic heterocycles. The summed E-state index contributed by atoms with van der Waals surface area (Å²) in [5, 5.41) is 10.7. The van der Waals surface area contributed by atoms with Crippen LogP contribution in [0.25, 0.3) is 0 Å². The second-order valence-electron chi connectivity index (χ2n) is 34.0. The van der Waals surface area contributed by atoms with Crippen LogP contribution in [0.3, 0.4) is 0 Å². The molecule has 0 spiro atoms. The van der Waals surface area contributed by atoms with Gasteiger partial charge in [0.05, 0.1) is 26.4 Å². The van der Waals surface area contributed by atoms with E-state index < -0.39 is 97.5 Å². The predicted molar refractivity (Wildman–Crippen MR) is 460 cm³/mol. The summed E-state index contributed by atoms with van der Waals surface area (Å²) in [5.74, 6) is 0.454. The number of esters is 4. The number of carbonyl (C=O) groups excluding carboxylic acids is 4. The predicted octanol–water partition coefficient (Wildman–Crippen LogP) is 28.4. The van der Waals surface area contributed by atoms with Crippen LogP contribution in [0.5, 0.6) is 0 Å². The summed E-state index contributed by atoms with van der Waals surface area (Å²) in [7, 11) is -9.93. The number of phosphoric ester groups is 2. The summed E-state index contributed by atoms with van der Waals surface area (Å²) < 4.78 is 69.0. The monoisotopic (exact) mass is 1620 g/mol. The third-order valence-electron chi connectivity index (χ3n) is 22.4. The summed E-state index contributed by atoms with van der Waals surface area (Å²) in [5.41, 5.74) is 0. The van der Waals surface area contributed by atoms with Gasteiger partial charge in [0, 0.05) is 25.7 Å². The first-order valence-corrected chi connectivity index (χ1v) is 50.4. The average Bonchev–Trinajstić information content (AvgIpc) is 0.913. The molecule has 0 rings (SSSR count). The SMILES string of the molecule is CCCCCCCCCCC(=O)OC[C@H](COP(=O)(O)OC[C@H](O)COP(=O)(O)OC[C@@H](COC(=O)CCCCCCCCCCCCCCCCCCCCC(C)CC)OC(=O)CCCCCCCCCCCCCCCCCCCCC(C)CC)OC(=O)CCCCCCCCCCCCCCCCCCC(C)C. The van der Waals surface area contributed by atoms with Crippen LogP contribution in [0.2, 0.25) is 0 Å². The molecule has 0 saturated carbocycles. The van der Waals surface area contributed by atoms with Crippen molar-refractivity contribution in [1.29, 1.82) is 0 Å². The van der Waals surface area contributed by atoms with Gasteiger partial charge in [-0.3, -0.25) is 37.3 Å². The number of carbonyl (C=O) groups is 4. The van der Waals surface area contributed by atoms with E-state index in [0.29, 0.717) is 25.7 Å². The average molecular weight is 1620 g/mol. The van der Waals surface area contributed by atoms with Crippen LogP contribution in [-0.2, 0) is 65.4 Å². The lowest BCUT2D eigenvalue weighted by molar-refractivity contribution is -0.161. The van der Waals surface area contributed by atoms with Gasteiger partial charge in [-0.1, -0.05) is 440 Å². The van der Waals surface area contributed by atoms with Crippen LogP contribution in [-0.4, -0.2) is 96.7 Å². The number of rotatable bonds is 90. The van der Waals surface area contributed by atoms with Gasteiger partial charge in [0.15, 0.2) is 12.2 Å². The standard InChI is InChI=1S/C92H180O17P2/c1-8-11-12-13-14-52-59-66-73-89(94)102-79-87(108-91(96)75-69-62-55-48-42-36-30-24-23-25-31-37-43-49-56-63-70-83(4)5)81-106-110(98,99)104-77-86(93)78-105-111(100,101)107-82-88(109-92(97)76-68-61-54-47-41-35-29-22-18-16-20-27-33-39-45-51-58-65-72-85(7)10-3)80-103-90(95)74-67-60-53-46-40-34-28-21-17-15-19-26-32-38-44-50-57-64-71-84(6)9-2/h83-88,93H,8-82H2,1-7H3,(H,98,99)(H,100,101)/t84?,85?,86-,87+,88+/m0/s1. The second-order valence-corrected chi connectivity index (χ2v) is 36.9. The highest BCUT2D eigenvalue weighted by Gasteiger charge is 2.31. The molecule has 4 unspecified atom stereocenters. The Kier molecular flexibility index (Phi) is 80.4. The zero-order chi connectivity index (χ0) is 81.5. The third kappa shape index (κ3) is 82.9. The van der Waals surface area contributed by atoms with Crippen molar-refractivity contribution in [2.45, 2.75) is 510 Å². The normalized spacial score (nSPS) is 14.3. The Morgan fingerprint density at radius 2 is 0.459 bits per heavy atom. The Morgan fingerprint density at radius 1 is 0.261 bits per heavy atom. The lowest BCUT2D eigenvalue weighted by Crippen LogP contribution is -2.30. The molecule has 660 valence electrons. The molecule has 111 heavy (non-hydrogen) atoms. The van der Waals surface area contributed by atoms with E-state index in [-0.39, 0.29) is 25.7 Å². The number of unbranched alkanes of at least 4 members (excludes halogenated alkanes) is 56. The van der Waals surface area contributed by atoms with Crippen LogP contribution in [0, 0.1) is 17.8 Å². The molecule has 0 aliphatic rings. The smallest absolute Gasteiger partial charge is 0.462 e. The highest BCUT2D eigenvalue weighted by Crippen LogP contribution is 2.45. The number of ether oxygens (including phenoxy) is 4. The quantitative estimate of drug-likeness (QED) is 0.0222. The van der Waals surface area contributed by atoms with E-state index in [0.717, 1.165) is 114 Å². The Bertz CT molecular complexity index is 2130. The fraction of sp³-hybridized carbons (Fsp3) is 0.957. The molecular formula is C92H180O17P2. The lowest BCUT2D eigenvalue weighted by atomic mass is 9.99. The molecule has 0 saturated heterocycles. The number of aliphatic hydroxyl groups is 1. The maximum atomic E-state index is 13.2. The molecule has 0 bridgehead atoms. The summed E-state index contributed by atoms with van der Waals surface area (Å²) in [6.07, 6.45) is 75.1. The zero-order valence-electron chi connectivity index (χ0n) is 73.4. The first-order chi connectivity index (χ1) is 53.8. The van der Waals surface area contributed by atoms with Crippen LogP contribution in [0.15, 0.2) is 0 Å². The molecule has 0 fully saturated rings. The van der Waals surface area contributed by atoms with Crippen molar-refractivity contribution in [2.75, 3.05) is 39.6 Å². The largest absolute Gasteiger partial charge is 0.472 e. The van der Waals surface area contributed by atoms with Gasteiger partial charge in [-0.15, -0.1) is 0 Å². The van der Waals surface area contributed by atoms with E-state index in [4.69, 9.17) is 37.0 Å². The molecule has 0 aliphatic carbocycles. The van der Waals surface area contributed by atoms with Gasteiger partial charge in [-0.2, -0.15) is 0 Å². The minimum atomic E-state index is -4.97. The third-order valence-corrected chi connectivity index (χ3v) is 24.3. The Hall–Kier alpha value is -1.94. The summed E-state index contributed by atoms with van der Waals surface area (Å²) in [6.45, 7) is 12.2. The fourth-order valence-electron chi connectivity index (χ4n) is 14.4. The van der Waals surface area contributed by atoms with Crippen LogP contribution >= 0.6 is 15.6 Å². The second kappa shape index (κ2) is 81.8. The molecule has 0 aliphatic heterocycles. The molecule has 0 heterocycles. The van der Waals surface area contributed by atoms with Crippen LogP contribution in [0.1, 0.15) is 492 Å². The molecule has 0 amide bonds. The molecule has 7 atom stereocenters. The van der Waals surface area contributed by atoms with Gasteiger partial charge in [-0.05, 0) is 43.4 Å². The van der Waals surface area contributed by atoms with Gasteiger partial charge in [0.1, 0.15) is 19.3 Å². The minimum absolute atomic E-state index is 0.108. The van der Waals surface area contributed by atoms with Gasteiger partial charge in [0.2, 0.25) is 0 Å². The molecule has 19 heteroatoms. The summed E-state index contributed by atoms with van der Waals surface area (Å²) >= 11 is 0. The Morgan fingerprint density at radius 3 is 0.685 bits per heavy atom. The number of hydrogen-bond acceptors (Lipinski definition) is 15. The van der Waals surface area contributed by atoms with E-state index in [2.05, 4.69) is 48.5 Å². The number of hydrogen-bond donors (Lipinski definition) is 3. The Balaban J connectivity index is 5.17. The van der Waals surface area contributed by atoms with E-state index in [9.17, 15) is 43.2 Å². The zero-order valence-corrected chi connectivity index (χ0v) is 75.2. The van der Waals surface area contributed by atoms with Crippen molar-refractivity contribution in [2.24, 2.45) is 17.8 Å². The Labute approximate surface area is 683 Å². The molecule has 0 aromatic rings. The molecule has 17 nitrogen and oxygen atoms in total. The van der Waals surface area contributed by atoms with Crippen molar-refractivity contribution >= 4 is 39.5 Å². The maximum absolute atomic E-state index is 13.2. The number of aliphatic hydroxyl groups excluding tert-OH is 1. The highest BCUT2D eigenvalue weighted by molar-refractivity contribution is 7.47. The molecular weight excluding hydrogens is 1440 g/mol. The van der Waals surface area contributed by atoms with Crippen molar-refractivity contribution in [3.8, 4) is 0 Å². The molecule has 0 radical (unpaired) electrons. The van der Waals surface area contributed by atoms with Crippen molar-refractivity contribution in [3.05, 3.63) is 0 Å². The van der Waals surface area contributed by atoms with Gasteiger partial charge in [0.25, 0.3) is 0 Å². The van der Waals surface area contributed by atoms with Crippen LogP contribution in [0.4, 0.5) is 0 Å². The minimum Gasteiger partial charge on any atom is -0.462 e. The molecule has 0 aromatic carbocycles. The van der Waals surface area contributed by atoms with Gasteiger partial charge in [-0.25, -0.2) is 9.13 Å². The topological polar surface area (TPSA) is 237 Å². The molecule has 3 N–H and O–H groups in total. The summed E-state index contributed by atoms with van der Waals surface area (Å²) in [6, 6.07) is 0. The maximum Gasteiger partial charge on any atom is 0.472 e. The summed E-state index contributed by atoms with van der Waals surface area (Å²) in [4.78, 5) is 73.3. The van der Waals surface area contributed by atoms with Gasteiger partial charge < -0.3 is 33.8 Å². The van der Waals surface area contributed by atoms with Crippen molar-refractivity contribution in [3.63, 3.8) is 0 Å². The van der Waals surface area contributed by atoms with E-state index in [1.807, 2.05) is 0 Å². The number of phosphoric acid groups is 2. The van der Waals surface area contributed by atoms with E-state index >= 15 is 0 Å². The van der Waals surface area contributed by atoms with E-state index in [1.54, 1.807) is 0 Å².